The lowest BCUT2D eigenvalue weighted by atomic mass is 9.92. The SMILES string of the molecule is O=C(NCC1CC1)C1=CC2(CCN(S(=O)(=O)c3cccc(C(F)(F)F)c3)CC2)ON1. The first-order chi connectivity index (χ1) is 14.1. The van der Waals surface area contributed by atoms with Crippen LogP contribution < -0.4 is 10.8 Å². The fraction of sp³-hybridized carbons (Fsp3) is 0.526. The predicted molar refractivity (Wildman–Crippen MR) is 100 cm³/mol. The third-order valence-electron chi connectivity index (χ3n) is 5.63. The Bertz CT molecular complexity index is 965. The first kappa shape index (κ1) is 21.1. The van der Waals surface area contributed by atoms with E-state index in [-0.39, 0.29) is 31.8 Å². The molecule has 2 aliphatic heterocycles. The molecule has 3 aliphatic rings. The van der Waals surface area contributed by atoms with E-state index in [1.54, 1.807) is 6.08 Å². The second-order valence-corrected chi connectivity index (χ2v) is 9.85. The van der Waals surface area contributed by atoms with Gasteiger partial charge in [-0.25, -0.2) is 8.42 Å². The number of piperidine rings is 1. The van der Waals surface area contributed by atoms with Crippen LogP contribution in [0.2, 0.25) is 0 Å². The molecule has 2 heterocycles. The Morgan fingerprint density at radius 1 is 1.27 bits per heavy atom. The molecule has 0 atom stereocenters. The van der Waals surface area contributed by atoms with Crippen molar-refractivity contribution >= 4 is 15.9 Å². The Morgan fingerprint density at radius 3 is 2.60 bits per heavy atom. The van der Waals surface area contributed by atoms with Crippen molar-refractivity contribution in [3.8, 4) is 0 Å². The molecule has 1 aliphatic carbocycles. The molecule has 2 N–H and O–H groups in total. The first-order valence-electron chi connectivity index (χ1n) is 9.72. The van der Waals surface area contributed by atoms with E-state index >= 15 is 0 Å². The summed E-state index contributed by atoms with van der Waals surface area (Å²) in [5, 5.41) is 2.83. The molecular weight excluding hydrogens is 423 g/mol. The van der Waals surface area contributed by atoms with Crippen LogP contribution in [0.1, 0.15) is 31.2 Å². The van der Waals surface area contributed by atoms with Gasteiger partial charge < -0.3 is 5.32 Å². The van der Waals surface area contributed by atoms with Gasteiger partial charge in [-0.3, -0.25) is 15.1 Å². The first-order valence-corrected chi connectivity index (χ1v) is 11.2. The number of hydrogen-bond donors (Lipinski definition) is 2. The largest absolute Gasteiger partial charge is 0.416 e. The van der Waals surface area contributed by atoms with Crippen molar-refractivity contribution in [2.75, 3.05) is 19.6 Å². The normalized spacial score (nSPS) is 21.9. The highest BCUT2D eigenvalue weighted by molar-refractivity contribution is 7.89. The molecule has 0 radical (unpaired) electrons. The Balaban J connectivity index is 1.42. The number of hydrogen-bond acceptors (Lipinski definition) is 5. The van der Waals surface area contributed by atoms with Gasteiger partial charge in [-0.1, -0.05) is 6.07 Å². The van der Waals surface area contributed by atoms with Gasteiger partial charge >= 0.3 is 6.18 Å². The minimum atomic E-state index is -4.62. The number of nitrogens with one attached hydrogen (secondary N) is 2. The second kappa shape index (κ2) is 7.54. The molecule has 1 aromatic rings. The molecular formula is C19H22F3N3O4S. The third-order valence-corrected chi connectivity index (χ3v) is 7.53. The molecule has 0 aromatic heterocycles. The highest BCUT2D eigenvalue weighted by atomic mass is 32.2. The zero-order valence-electron chi connectivity index (χ0n) is 16.0. The standard InChI is InChI=1S/C19H22F3N3O4S/c20-19(21,22)14-2-1-3-15(10-14)30(27,28)25-8-6-18(7-9-25)11-16(24-29-18)17(26)23-12-13-4-5-13/h1-3,10-11,13,24H,4-9,12H2,(H,23,26). The van der Waals surface area contributed by atoms with Crippen LogP contribution in [0, 0.1) is 5.92 Å². The van der Waals surface area contributed by atoms with Gasteiger partial charge in [0.25, 0.3) is 5.91 Å². The molecule has 1 saturated heterocycles. The van der Waals surface area contributed by atoms with E-state index in [0.29, 0.717) is 24.2 Å². The number of alkyl halides is 3. The number of carbonyl (C=O) groups is 1. The summed E-state index contributed by atoms with van der Waals surface area (Å²) in [7, 11) is -4.07. The minimum absolute atomic E-state index is 0.0632. The molecule has 30 heavy (non-hydrogen) atoms. The lowest BCUT2D eigenvalue weighted by Crippen LogP contribution is -2.46. The second-order valence-electron chi connectivity index (χ2n) is 7.91. The number of benzene rings is 1. The topological polar surface area (TPSA) is 87.7 Å². The summed E-state index contributed by atoms with van der Waals surface area (Å²) < 4.78 is 65.6. The van der Waals surface area contributed by atoms with Crippen LogP contribution in [0.3, 0.4) is 0 Å². The van der Waals surface area contributed by atoms with Gasteiger partial charge in [-0.05, 0) is 55.9 Å². The maximum atomic E-state index is 12.9. The van der Waals surface area contributed by atoms with Crippen LogP contribution in [0.4, 0.5) is 13.2 Å². The maximum absolute atomic E-state index is 12.9. The van der Waals surface area contributed by atoms with Crippen LogP contribution in [0.15, 0.2) is 40.9 Å². The zero-order chi connectivity index (χ0) is 21.6. The average Bonchev–Trinajstić information content (AvgIpc) is 3.46. The number of rotatable bonds is 5. The van der Waals surface area contributed by atoms with Crippen LogP contribution in [-0.4, -0.2) is 43.9 Å². The van der Waals surface area contributed by atoms with Crippen molar-refractivity contribution in [2.45, 2.75) is 42.4 Å². The van der Waals surface area contributed by atoms with Crippen LogP contribution in [0.25, 0.3) is 0 Å². The Kier molecular flexibility index (Phi) is 5.31. The predicted octanol–water partition coefficient (Wildman–Crippen LogP) is 2.17. The van der Waals surface area contributed by atoms with E-state index in [2.05, 4.69) is 10.8 Å². The Hall–Kier alpha value is -2.11. The van der Waals surface area contributed by atoms with Crippen LogP contribution >= 0.6 is 0 Å². The number of hydroxylamine groups is 1. The highest BCUT2D eigenvalue weighted by Crippen LogP contribution is 2.35. The molecule has 164 valence electrons. The molecule has 0 bridgehead atoms. The number of halogens is 3. The van der Waals surface area contributed by atoms with Crippen molar-refractivity contribution in [1.82, 2.24) is 15.1 Å². The summed E-state index contributed by atoms with van der Waals surface area (Å²) in [6.07, 6.45) is -0.173. The molecule has 1 saturated carbocycles. The molecule has 0 unspecified atom stereocenters. The van der Waals surface area contributed by atoms with E-state index < -0.39 is 32.3 Å². The minimum Gasteiger partial charge on any atom is -0.350 e. The lowest BCUT2D eigenvalue weighted by molar-refractivity contribution is -0.137. The molecule has 4 rings (SSSR count). The van der Waals surface area contributed by atoms with Gasteiger partial charge in [-0.15, -0.1) is 0 Å². The van der Waals surface area contributed by atoms with E-state index in [0.717, 1.165) is 35.3 Å². The van der Waals surface area contributed by atoms with Gasteiger partial charge in [0.15, 0.2) is 0 Å². The Labute approximate surface area is 172 Å². The number of carbonyl (C=O) groups excluding carboxylic acids is 1. The van der Waals surface area contributed by atoms with Crippen molar-refractivity contribution in [3.63, 3.8) is 0 Å². The van der Waals surface area contributed by atoms with Gasteiger partial charge in [-0.2, -0.15) is 17.5 Å². The van der Waals surface area contributed by atoms with E-state index in [1.807, 2.05) is 0 Å². The number of nitrogens with zero attached hydrogens (tertiary/aromatic N) is 1. The summed E-state index contributed by atoms with van der Waals surface area (Å²) in [5.41, 5.74) is 1.10. The Morgan fingerprint density at radius 2 is 1.97 bits per heavy atom. The quantitative estimate of drug-likeness (QED) is 0.726. The molecule has 1 spiro atoms. The number of sulfonamides is 1. The van der Waals surface area contributed by atoms with Crippen LogP contribution in [0.5, 0.6) is 0 Å². The van der Waals surface area contributed by atoms with Crippen molar-refractivity contribution < 1.29 is 31.2 Å². The van der Waals surface area contributed by atoms with Crippen molar-refractivity contribution in [3.05, 3.63) is 41.6 Å². The van der Waals surface area contributed by atoms with E-state index in [4.69, 9.17) is 4.84 Å². The summed E-state index contributed by atoms with van der Waals surface area (Å²) in [6, 6.07) is 3.73. The molecule has 1 amide bonds. The summed E-state index contributed by atoms with van der Waals surface area (Å²) in [6.45, 7) is 0.745. The fourth-order valence-electron chi connectivity index (χ4n) is 3.58. The summed E-state index contributed by atoms with van der Waals surface area (Å²) >= 11 is 0. The van der Waals surface area contributed by atoms with Crippen molar-refractivity contribution in [1.29, 1.82) is 0 Å². The average molecular weight is 445 g/mol. The summed E-state index contributed by atoms with van der Waals surface area (Å²) in [5.74, 6) is 0.271. The molecule has 1 aromatic carbocycles. The van der Waals surface area contributed by atoms with Crippen molar-refractivity contribution in [2.24, 2.45) is 5.92 Å². The van der Waals surface area contributed by atoms with Gasteiger partial charge in [0, 0.05) is 19.6 Å². The number of amides is 1. The summed E-state index contributed by atoms with van der Waals surface area (Å²) in [4.78, 5) is 17.4. The third kappa shape index (κ3) is 4.33. The van der Waals surface area contributed by atoms with Gasteiger partial charge in [0.1, 0.15) is 11.3 Å². The molecule has 7 nitrogen and oxygen atoms in total. The smallest absolute Gasteiger partial charge is 0.350 e. The van der Waals surface area contributed by atoms with E-state index in [9.17, 15) is 26.4 Å². The van der Waals surface area contributed by atoms with Gasteiger partial charge in [0.05, 0.1) is 10.5 Å². The maximum Gasteiger partial charge on any atom is 0.416 e. The fourth-order valence-corrected chi connectivity index (χ4v) is 5.07. The monoisotopic (exact) mass is 445 g/mol. The van der Waals surface area contributed by atoms with E-state index in [1.165, 1.54) is 0 Å². The van der Waals surface area contributed by atoms with Gasteiger partial charge in [0.2, 0.25) is 10.0 Å². The lowest BCUT2D eigenvalue weighted by Gasteiger charge is -2.35. The molecule has 11 heteroatoms. The highest BCUT2D eigenvalue weighted by Gasteiger charge is 2.43. The van der Waals surface area contributed by atoms with Crippen LogP contribution in [-0.2, 0) is 25.8 Å². The molecule has 2 fully saturated rings. The zero-order valence-corrected chi connectivity index (χ0v) is 16.9.